The van der Waals surface area contributed by atoms with Crippen LogP contribution < -0.4 is 0 Å². The molecule has 3 nitrogen and oxygen atoms in total. The average molecular weight is 266 g/mol. The van der Waals surface area contributed by atoms with Gasteiger partial charge in [-0.3, -0.25) is 4.79 Å². The molecule has 0 aromatic carbocycles. The third-order valence-corrected chi connectivity index (χ3v) is 5.80. The van der Waals surface area contributed by atoms with E-state index in [4.69, 9.17) is 0 Å². The molecule has 3 unspecified atom stereocenters. The highest BCUT2D eigenvalue weighted by Gasteiger charge is 2.56. The Morgan fingerprint density at radius 3 is 2.42 bits per heavy atom. The van der Waals surface area contributed by atoms with E-state index in [0.29, 0.717) is 12.8 Å². The molecule has 2 aliphatic carbocycles. The summed E-state index contributed by atoms with van der Waals surface area (Å²) in [5, 5.41) is 21.6. The number of aliphatic hydroxyl groups is 2. The van der Waals surface area contributed by atoms with Gasteiger partial charge in [-0.1, -0.05) is 33.3 Å². The van der Waals surface area contributed by atoms with E-state index >= 15 is 0 Å². The monoisotopic (exact) mass is 266 g/mol. The van der Waals surface area contributed by atoms with Crippen molar-refractivity contribution in [2.45, 2.75) is 65.6 Å². The maximum Gasteiger partial charge on any atom is 0.165 e. The quantitative estimate of drug-likeness (QED) is 0.662. The van der Waals surface area contributed by atoms with Crippen molar-refractivity contribution in [1.82, 2.24) is 0 Å². The van der Waals surface area contributed by atoms with Gasteiger partial charge in [0, 0.05) is 11.8 Å². The lowest BCUT2D eigenvalue weighted by Crippen LogP contribution is -2.58. The Kier molecular flexibility index (Phi) is 3.43. The number of Topliss-reactive ketones (excluding diaryl/α,β-unsaturated/α-hetero) is 1. The normalized spacial score (nSPS) is 42.9. The highest BCUT2D eigenvalue weighted by atomic mass is 16.3. The fourth-order valence-electron chi connectivity index (χ4n) is 4.20. The van der Waals surface area contributed by atoms with Gasteiger partial charge >= 0.3 is 0 Å². The molecule has 0 saturated heterocycles. The van der Waals surface area contributed by atoms with Crippen LogP contribution in [0.3, 0.4) is 0 Å². The van der Waals surface area contributed by atoms with Crippen LogP contribution >= 0.6 is 0 Å². The zero-order valence-electron chi connectivity index (χ0n) is 12.7. The molecular weight excluding hydrogens is 240 g/mol. The van der Waals surface area contributed by atoms with Gasteiger partial charge in [-0.15, -0.1) is 0 Å². The lowest BCUT2D eigenvalue weighted by atomic mass is 9.53. The molecule has 1 fully saturated rings. The van der Waals surface area contributed by atoms with Gasteiger partial charge in [-0.05, 0) is 37.2 Å². The number of fused-ring (bicyclic) bond motifs is 2. The van der Waals surface area contributed by atoms with Crippen molar-refractivity contribution in [3.8, 4) is 0 Å². The standard InChI is InChI=1S/C16H26O3/c1-9-6-7-16(19)11(3)10(2)8-12(17)14(18)13(9)15(16,4)5/h10-11,14,18-19H,6-8H2,1-5H3/t10?,11?,14?,16-/m1/s1. The van der Waals surface area contributed by atoms with E-state index in [0.717, 1.165) is 17.6 Å². The molecule has 2 rings (SSSR count). The molecule has 2 N–H and O–H groups in total. The second-order valence-corrected chi connectivity index (χ2v) is 7.08. The van der Waals surface area contributed by atoms with Crippen molar-refractivity contribution < 1.29 is 15.0 Å². The van der Waals surface area contributed by atoms with Crippen molar-refractivity contribution in [3.63, 3.8) is 0 Å². The molecule has 0 aliphatic heterocycles. The second-order valence-electron chi connectivity index (χ2n) is 7.08. The number of aliphatic hydroxyl groups excluding tert-OH is 1. The molecule has 0 spiro atoms. The zero-order chi connectivity index (χ0) is 14.6. The van der Waals surface area contributed by atoms with Crippen LogP contribution in [0.1, 0.15) is 53.9 Å². The Morgan fingerprint density at radius 2 is 1.84 bits per heavy atom. The minimum absolute atomic E-state index is 0.0436. The molecule has 2 aliphatic rings. The predicted octanol–water partition coefficient (Wildman–Crippen LogP) is 2.46. The molecule has 2 bridgehead atoms. The molecule has 0 aromatic heterocycles. The summed E-state index contributed by atoms with van der Waals surface area (Å²) < 4.78 is 0. The third kappa shape index (κ3) is 1.90. The smallest absolute Gasteiger partial charge is 0.165 e. The first-order chi connectivity index (χ1) is 8.63. The molecule has 0 amide bonds. The van der Waals surface area contributed by atoms with Crippen LogP contribution in [0.2, 0.25) is 0 Å². The summed E-state index contributed by atoms with van der Waals surface area (Å²) in [4.78, 5) is 12.2. The van der Waals surface area contributed by atoms with Crippen LogP contribution in [0, 0.1) is 17.3 Å². The summed E-state index contributed by atoms with van der Waals surface area (Å²) in [5.41, 5.74) is 0.420. The Balaban J connectivity index is 2.64. The molecule has 4 atom stereocenters. The van der Waals surface area contributed by atoms with Crippen LogP contribution in [-0.4, -0.2) is 27.7 Å². The Labute approximate surface area is 115 Å². The lowest BCUT2D eigenvalue weighted by molar-refractivity contribution is -0.147. The SMILES string of the molecule is CC1=C2C(O)C(=O)CC(C)C(C)[C@](O)(CC1)C2(C)C. The largest absolute Gasteiger partial charge is 0.389 e. The van der Waals surface area contributed by atoms with E-state index in [9.17, 15) is 15.0 Å². The fourth-order valence-corrected chi connectivity index (χ4v) is 4.20. The Hall–Kier alpha value is -0.670. The van der Waals surface area contributed by atoms with Gasteiger partial charge < -0.3 is 10.2 Å². The molecule has 19 heavy (non-hydrogen) atoms. The maximum absolute atomic E-state index is 12.2. The van der Waals surface area contributed by atoms with E-state index in [-0.39, 0.29) is 17.6 Å². The molecule has 108 valence electrons. The van der Waals surface area contributed by atoms with Gasteiger partial charge in [0.25, 0.3) is 0 Å². The number of hydrogen-bond acceptors (Lipinski definition) is 3. The van der Waals surface area contributed by atoms with Crippen molar-refractivity contribution in [2.24, 2.45) is 17.3 Å². The van der Waals surface area contributed by atoms with Gasteiger partial charge in [-0.25, -0.2) is 0 Å². The fraction of sp³-hybridized carbons (Fsp3) is 0.812. The summed E-state index contributed by atoms with van der Waals surface area (Å²) in [7, 11) is 0. The highest BCUT2D eigenvalue weighted by molar-refractivity contribution is 5.87. The minimum atomic E-state index is -1.04. The maximum atomic E-state index is 12.2. The van der Waals surface area contributed by atoms with E-state index < -0.39 is 17.1 Å². The van der Waals surface area contributed by atoms with Crippen molar-refractivity contribution in [2.75, 3.05) is 0 Å². The summed E-state index contributed by atoms with van der Waals surface area (Å²) in [6.45, 7) is 9.95. The summed E-state index contributed by atoms with van der Waals surface area (Å²) in [5.74, 6) is 0.0270. The number of carbonyl (C=O) groups excluding carboxylic acids is 1. The van der Waals surface area contributed by atoms with Crippen molar-refractivity contribution >= 4 is 5.78 Å². The van der Waals surface area contributed by atoms with E-state index in [1.807, 2.05) is 34.6 Å². The minimum Gasteiger partial charge on any atom is -0.389 e. The number of rotatable bonds is 0. The van der Waals surface area contributed by atoms with Gasteiger partial charge in [0.2, 0.25) is 0 Å². The van der Waals surface area contributed by atoms with Crippen molar-refractivity contribution in [1.29, 1.82) is 0 Å². The van der Waals surface area contributed by atoms with E-state index in [1.54, 1.807) is 0 Å². The van der Waals surface area contributed by atoms with E-state index in [2.05, 4.69) is 0 Å². The van der Waals surface area contributed by atoms with Gasteiger partial charge in [0.05, 0.1) is 5.60 Å². The molecule has 1 saturated carbocycles. The molecule has 0 radical (unpaired) electrons. The first-order valence-corrected chi connectivity index (χ1v) is 7.26. The third-order valence-electron chi connectivity index (χ3n) is 5.80. The Morgan fingerprint density at radius 1 is 1.26 bits per heavy atom. The lowest BCUT2D eigenvalue weighted by Gasteiger charge is -2.55. The summed E-state index contributed by atoms with van der Waals surface area (Å²) in [6, 6.07) is 0. The number of carbonyl (C=O) groups is 1. The number of allylic oxidation sites excluding steroid dienone is 1. The second kappa shape index (κ2) is 4.42. The average Bonchev–Trinajstić information content (AvgIpc) is 2.31. The molecular formula is C16H26O3. The first kappa shape index (κ1) is 14.7. The van der Waals surface area contributed by atoms with Crippen LogP contribution in [0.5, 0.6) is 0 Å². The summed E-state index contributed by atoms with van der Waals surface area (Å²) in [6.07, 6.45) is 0.771. The summed E-state index contributed by atoms with van der Waals surface area (Å²) >= 11 is 0. The van der Waals surface area contributed by atoms with Gasteiger partial charge in [-0.2, -0.15) is 0 Å². The topological polar surface area (TPSA) is 57.5 Å². The van der Waals surface area contributed by atoms with Gasteiger partial charge in [0.15, 0.2) is 5.78 Å². The number of ketones is 1. The Bertz CT molecular complexity index is 435. The zero-order valence-corrected chi connectivity index (χ0v) is 12.7. The van der Waals surface area contributed by atoms with Gasteiger partial charge in [0.1, 0.15) is 6.10 Å². The van der Waals surface area contributed by atoms with Crippen molar-refractivity contribution in [3.05, 3.63) is 11.1 Å². The first-order valence-electron chi connectivity index (χ1n) is 7.26. The predicted molar refractivity (Wildman–Crippen MR) is 74.6 cm³/mol. The van der Waals surface area contributed by atoms with Crippen LogP contribution in [0.15, 0.2) is 11.1 Å². The van der Waals surface area contributed by atoms with Crippen LogP contribution in [0.4, 0.5) is 0 Å². The molecule has 0 aromatic rings. The van der Waals surface area contributed by atoms with Crippen LogP contribution in [0.25, 0.3) is 0 Å². The highest BCUT2D eigenvalue weighted by Crippen LogP contribution is 2.54. The van der Waals surface area contributed by atoms with Crippen LogP contribution in [-0.2, 0) is 4.79 Å². The molecule has 0 heterocycles. The number of hydrogen-bond donors (Lipinski definition) is 2. The molecule has 3 heteroatoms. The van der Waals surface area contributed by atoms with E-state index in [1.165, 1.54) is 0 Å².